The normalized spacial score (nSPS) is 21.1. The van der Waals surface area contributed by atoms with Crippen LogP contribution in [0.4, 0.5) is 10.5 Å². The Morgan fingerprint density at radius 3 is 2.71 bits per heavy atom. The minimum atomic E-state index is -0.263. The fraction of sp³-hybridized carbons (Fsp3) is 0.467. The SMILES string of the molecule is NC(=O)C1CCN(CCN2CCNC2=O)c2ccccc21. The highest BCUT2D eigenvalue weighted by atomic mass is 16.2. The van der Waals surface area contributed by atoms with Gasteiger partial charge >= 0.3 is 6.03 Å². The molecule has 1 aromatic rings. The first kappa shape index (κ1) is 13.7. The zero-order valence-corrected chi connectivity index (χ0v) is 11.9. The number of para-hydroxylation sites is 1. The average Bonchev–Trinajstić information content (AvgIpc) is 2.89. The van der Waals surface area contributed by atoms with Crippen LogP contribution in [0.15, 0.2) is 24.3 Å². The highest BCUT2D eigenvalue weighted by Crippen LogP contribution is 2.34. The van der Waals surface area contributed by atoms with Crippen molar-refractivity contribution in [3.05, 3.63) is 29.8 Å². The summed E-state index contributed by atoms with van der Waals surface area (Å²) in [4.78, 5) is 27.2. The van der Waals surface area contributed by atoms with Gasteiger partial charge in [-0.1, -0.05) is 18.2 Å². The fourth-order valence-corrected chi connectivity index (χ4v) is 3.12. The lowest BCUT2D eigenvalue weighted by Gasteiger charge is -2.35. The van der Waals surface area contributed by atoms with Gasteiger partial charge in [0.1, 0.15) is 0 Å². The lowest BCUT2D eigenvalue weighted by Crippen LogP contribution is -2.41. The third-order valence-electron chi connectivity index (χ3n) is 4.27. The summed E-state index contributed by atoms with van der Waals surface area (Å²) in [5.41, 5.74) is 7.56. The molecular weight excluding hydrogens is 268 g/mol. The topological polar surface area (TPSA) is 78.7 Å². The molecule has 1 unspecified atom stereocenters. The Labute approximate surface area is 123 Å². The monoisotopic (exact) mass is 288 g/mol. The molecule has 0 bridgehead atoms. The number of amides is 3. The van der Waals surface area contributed by atoms with Gasteiger partial charge in [-0.3, -0.25) is 4.79 Å². The first-order valence-corrected chi connectivity index (χ1v) is 7.33. The van der Waals surface area contributed by atoms with Gasteiger partial charge in [-0.25, -0.2) is 4.79 Å². The van der Waals surface area contributed by atoms with Crippen LogP contribution in [-0.2, 0) is 4.79 Å². The Bertz CT molecular complexity index is 560. The van der Waals surface area contributed by atoms with Crippen molar-refractivity contribution in [2.75, 3.05) is 37.6 Å². The smallest absolute Gasteiger partial charge is 0.317 e. The van der Waals surface area contributed by atoms with Gasteiger partial charge in [-0.15, -0.1) is 0 Å². The molecule has 6 heteroatoms. The molecule has 3 rings (SSSR count). The van der Waals surface area contributed by atoms with Gasteiger partial charge in [0.2, 0.25) is 5.91 Å². The van der Waals surface area contributed by atoms with E-state index in [1.165, 1.54) is 0 Å². The quantitative estimate of drug-likeness (QED) is 0.846. The predicted octanol–water partition coefficient (Wildman–Crippen LogP) is 0.491. The summed E-state index contributed by atoms with van der Waals surface area (Å²) < 4.78 is 0. The van der Waals surface area contributed by atoms with Crippen LogP contribution >= 0.6 is 0 Å². The van der Waals surface area contributed by atoms with E-state index in [2.05, 4.69) is 10.2 Å². The summed E-state index contributed by atoms with van der Waals surface area (Å²) in [5, 5.41) is 2.81. The van der Waals surface area contributed by atoms with E-state index in [-0.39, 0.29) is 17.9 Å². The molecule has 0 saturated carbocycles. The number of nitrogens with two attached hydrogens (primary N) is 1. The van der Waals surface area contributed by atoms with E-state index >= 15 is 0 Å². The van der Waals surface area contributed by atoms with E-state index in [4.69, 9.17) is 5.73 Å². The second-order valence-electron chi connectivity index (χ2n) is 5.51. The van der Waals surface area contributed by atoms with Crippen molar-refractivity contribution in [1.82, 2.24) is 10.2 Å². The van der Waals surface area contributed by atoms with E-state index < -0.39 is 0 Å². The minimum absolute atomic E-state index is 0.00954. The van der Waals surface area contributed by atoms with Gasteiger partial charge in [0.05, 0.1) is 5.92 Å². The number of hydrogen-bond acceptors (Lipinski definition) is 3. The number of primary amides is 1. The van der Waals surface area contributed by atoms with Crippen LogP contribution in [0.2, 0.25) is 0 Å². The van der Waals surface area contributed by atoms with Crippen molar-refractivity contribution in [3.63, 3.8) is 0 Å². The molecule has 1 aromatic carbocycles. The average molecular weight is 288 g/mol. The van der Waals surface area contributed by atoms with Crippen LogP contribution in [0, 0.1) is 0 Å². The van der Waals surface area contributed by atoms with Gasteiger partial charge in [0.15, 0.2) is 0 Å². The molecule has 3 amide bonds. The summed E-state index contributed by atoms with van der Waals surface area (Å²) in [7, 11) is 0. The van der Waals surface area contributed by atoms with E-state index in [0.717, 1.165) is 43.9 Å². The molecule has 2 aliphatic rings. The fourth-order valence-electron chi connectivity index (χ4n) is 3.12. The highest BCUT2D eigenvalue weighted by molar-refractivity contribution is 5.85. The summed E-state index contributed by atoms with van der Waals surface area (Å²) in [6.07, 6.45) is 0.735. The maximum absolute atomic E-state index is 11.6. The van der Waals surface area contributed by atoms with Gasteiger partial charge in [-0.2, -0.15) is 0 Å². The second-order valence-corrected chi connectivity index (χ2v) is 5.51. The van der Waals surface area contributed by atoms with E-state index in [0.29, 0.717) is 6.54 Å². The predicted molar refractivity (Wildman–Crippen MR) is 80.2 cm³/mol. The summed E-state index contributed by atoms with van der Waals surface area (Å²) >= 11 is 0. The molecular formula is C15H20N4O2. The number of carbonyl (C=O) groups is 2. The van der Waals surface area contributed by atoms with Crippen molar-refractivity contribution in [2.45, 2.75) is 12.3 Å². The summed E-state index contributed by atoms with van der Waals surface area (Å²) in [6.45, 7) is 3.74. The van der Waals surface area contributed by atoms with E-state index in [1.807, 2.05) is 29.2 Å². The zero-order valence-electron chi connectivity index (χ0n) is 11.9. The van der Waals surface area contributed by atoms with Crippen LogP contribution in [0.25, 0.3) is 0 Å². The van der Waals surface area contributed by atoms with Gasteiger partial charge in [-0.05, 0) is 18.1 Å². The van der Waals surface area contributed by atoms with E-state index in [9.17, 15) is 9.59 Å². The van der Waals surface area contributed by atoms with Crippen molar-refractivity contribution < 1.29 is 9.59 Å². The molecule has 0 radical (unpaired) electrons. The number of nitrogens with one attached hydrogen (secondary N) is 1. The van der Waals surface area contributed by atoms with Gasteiger partial charge < -0.3 is 20.9 Å². The third-order valence-corrected chi connectivity index (χ3v) is 4.27. The van der Waals surface area contributed by atoms with Crippen molar-refractivity contribution in [3.8, 4) is 0 Å². The molecule has 2 heterocycles. The number of anilines is 1. The summed E-state index contributed by atoms with van der Waals surface area (Å²) in [6, 6.07) is 7.91. The molecule has 0 aromatic heterocycles. The lowest BCUT2D eigenvalue weighted by molar-refractivity contribution is -0.119. The standard InChI is InChI=1S/C15H20N4O2/c16-14(20)12-5-7-18(13-4-2-1-3-11(12)13)9-10-19-8-6-17-15(19)21/h1-4,12H,5-10H2,(H2,16,20)(H,17,21). The van der Waals surface area contributed by atoms with Crippen molar-refractivity contribution in [1.29, 1.82) is 0 Å². The molecule has 6 nitrogen and oxygen atoms in total. The van der Waals surface area contributed by atoms with Crippen LogP contribution in [0.5, 0.6) is 0 Å². The maximum Gasteiger partial charge on any atom is 0.317 e. The zero-order chi connectivity index (χ0) is 14.8. The van der Waals surface area contributed by atoms with Crippen molar-refractivity contribution in [2.24, 2.45) is 5.73 Å². The Morgan fingerprint density at radius 2 is 2.00 bits per heavy atom. The number of benzene rings is 1. The largest absolute Gasteiger partial charge is 0.369 e. The third kappa shape index (κ3) is 2.66. The molecule has 2 aliphatic heterocycles. The van der Waals surface area contributed by atoms with E-state index in [1.54, 1.807) is 0 Å². The van der Waals surface area contributed by atoms with Crippen LogP contribution < -0.4 is 16.0 Å². The molecule has 0 spiro atoms. The maximum atomic E-state index is 11.6. The van der Waals surface area contributed by atoms with Gasteiger partial charge in [0.25, 0.3) is 0 Å². The number of hydrogen-bond donors (Lipinski definition) is 2. The summed E-state index contributed by atoms with van der Waals surface area (Å²) in [5.74, 6) is -0.464. The Kier molecular flexibility index (Phi) is 3.68. The van der Waals surface area contributed by atoms with Crippen LogP contribution in [0.3, 0.4) is 0 Å². The number of urea groups is 1. The molecule has 3 N–H and O–H groups in total. The number of carbonyl (C=O) groups excluding carboxylic acids is 2. The Balaban J connectivity index is 1.73. The molecule has 1 fully saturated rings. The van der Waals surface area contributed by atoms with Crippen molar-refractivity contribution >= 4 is 17.6 Å². The molecule has 1 atom stereocenters. The lowest BCUT2D eigenvalue weighted by atomic mass is 9.89. The molecule has 21 heavy (non-hydrogen) atoms. The first-order chi connectivity index (χ1) is 10.2. The van der Waals surface area contributed by atoms with Crippen LogP contribution in [0.1, 0.15) is 17.9 Å². The molecule has 0 aliphatic carbocycles. The minimum Gasteiger partial charge on any atom is -0.369 e. The Morgan fingerprint density at radius 1 is 1.24 bits per heavy atom. The van der Waals surface area contributed by atoms with Gasteiger partial charge in [0, 0.05) is 38.4 Å². The Hall–Kier alpha value is -2.24. The number of nitrogens with zero attached hydrogens (tertiary/aromatic N) is 2. The first-order valence-electron chi connectivity index (χ1n) is 7.33. The highest BCUT2D eigenvalue weighted by Gasteiger charge is 2.29. The second kappa shape index (κ2) is 5.63. The number of rotatable bonds is 4. The number of fused-ring (bicyclic) bond motifs is 1. The molecule has 112 valence electrons. The van der Waals surface area contributed by atoms with Crippen LogP contribution in [-0.4, -0.2) is 49.6 Å². The molecule has 1 saturated heterocycles.